The SMILES string of the molecule is Cc1cc(Cl)ccc1OC(=O)c1cccnc1Cl. The lowest BCUT2D eigenvalue weighted by molar-refractivity contribution is 0.0733. The number of esters is 1. The second kappa shape index (κ2) is 5.38. The molecule has 0 unspecified atom stereocenters. The molecule has 2 rings (SSSR count). The molecule has 0 aliphatic rings. The van der Waals surface area contributed by atoms with Gasteiger partial charge in [-0.25, -0.2) is 9.78 Å². The van der Waals surface area contributed by atoms with E-state index in [4.69, 9.17) is 27.9 Å². The summed E-state index contributed by atoms with van der Waals surface area (Å²) in [6.45, 7) is 1.80. The number of benzene rings is 1. The zero-order valence-electron chi connectivity index (χ0n) is 9.48. The summed E-state index contributed by atoms with van der Waals surface area (Å²) in [5.41, 5.74) is 1.00. The third kappa shape index (κ3) is 2.81. The Bertz CT molecular complexity index is 599. The minimum Gasteiger partial charge on any atom is -0.423 e. The van der Waals surface area contributed by atoms with Gasteiger partial charge < -0.3 is 4.74 Å². The van der Waals surface area contributed by atoms with Crippen molar-refractivity contribution in [2.75, 3.05) is 0 Å². The number of nitrogens with zero attached hydrogens (tertiary/aromatic N) is 1. The summed E-state index contributed by atoms with van der Waals surface area (Å²) in [5.74, 6) is -0.0946. The Morgan fingerprint density at radius 2 is 2.06 bits per heavy atom. The van der Waals surface area contributed by atoms with E-state index < -0.39 is 5.97 Å². The van der Waals surface area contributed by atoms with Gasteiger partial charge in [0.2, 0.25) is 0 Å². The highest BCUT2D eigenvalue weighted by Gasteiger charge is 2.14. The van der Waals surface area contributed by atoms with Gasteiger partial charge in [-0.3, -0.25) is 0 Å². The van der Waals surface area contributed by atoms with Gasteiger partial charge in [0, 0.05) is 11.2 Å². The summed E-state index contributed by atoms with van der Waals surface area (Å²) in [5, 5.41) is 0.709. The molecule has 0 atom stereocenters. The van der Waals surface area contributed by atoms with Crippen molar-refractivity contribution in [3.05, 3.63) is 57.8 Å². The first kappa shape index (κ1) is 12.9. The van der Waals surface area contributed by atoms with Gasteiger partial charge in [-0.05, 0) is 42.8 Å². The molecule has 0 radical (unpaired) electrons. The van der Waals surface area contributed by atoms with E-state index in [2.05, 4.69) is 4.98 Å². The summed E-state index contributed by atoms with van der Waals surface area (Å²) >= 11 is 11.6. The highest BCUT2D eigenvalue weighted by molar-refractivity contribution is 6.32. The molecule has 3 nitrogen and oxygen atoms in total. The van der Waals surface area contributed by atoms with Crippen LogP contribution in [0.1, 0.15) is 15.9 Å². The molecule has 1 heterocycles. The number of hydrogen-bond donors (Lipinski definition) is 0. The Morgan fingerprint density at radius 1 is 1.28 bits per heavy atom. The predicted octanol–water partition coefficient (Wildman–Crippen LogP) is 3.92. The lowest BCUT2D eigenvalue weighted by Crippen LogP contribution is -2.10. The monoisotopic (exact) mass is 281 g/mol. The Balaban J connectivity index is 2.24. The van der Waals surface area contributed by atoms with Crippen LogP contribution in [-0.2, 0) is 0 Å². The van der Waals surface area contributed by atoms with Crippen molar-refractivity contribution < 1.29 is 9.53 Å². The van der Waals surface area contributed by atoms with Gasteiger partial charge in [-0.1, -0.05) is 23.2 Å². The third-order valence-electron chi connectivity index (χ3n) is 2.32. The zero-order chi connectivity index (χ0) is 13.1. The number of carbonyl (C=O) groups is 1. The van der Waals surface area contributed by atoms with E-state index in [1.54, 1.807) is 37.3 Å². The van der Waals surface area contributed by atoms with E-state index in [9.17, 15) is 4.79 Å². The standard InChI is InChI=1S/C13H9Cl2NO2/c1-8-7-9(14)4-5-11(8)18-13(17)10-3-2-6-16-12(10)15/h2-7H,1H3. The maximum atomic E-state index is 11.9. The van der Waals surface area contributed by atoms with Crippen molar-refractivity contribution in [3.63, 3.8) is 0 Å². The molecule has 0 amide bonds. The van der Waals surface area contributed by atoms with Crippen molar-refractivity contribution >= 4 is 29.2 Å². The van der Waals surface area contributed by atoms with Crippen LogP contribution in [0.15, 0.2) is 36.5 Å². The summed E-state index contributed by atoms with van der Waals surface area (Å²) in [6.07, 6.45) is 1.51. The Morgan fingerprint density at radius 3 is 2.72 bits per heavy atom. The summed E-state index contributed by atoms with van der Waals surface area (Å²) in [4.78, 5) is 15.7. The summed E-state index contributed by atoms with van der Waals surface area (Å²) < 4.78 is 5.25. The van der Waals surface area contributed by atoms with Crippen LogP contribution in [-0.4, -0.2) is 11.0 Å². The lowest BCUT2D eigenvalue weighted by Gasteiger charge is -2.08. The van der Waals surface area contributed by atoms with Crippen molar-refractivity contribution in [2.45, 2.75) is 6.92 Å². The first-order valence-electron chi connectivity index (χ1n) is 5.17. The Hall–Kier alpha value is -1.58. The van der Waals surface area contributed by atoms with Gasteiger partial charge >= 0.3 is 5.97 Å². The molecular formula is C13H9Cl2NO2. The Kier molecular flexibility index (Phi) is 3.84. The van der Waals surface area contributed by atoms with Gasteiger partial charge in [0.15, 0.2) is 0 Å². The second-order valence-corrected chi connectivity index (χ2v) is 4.44. The van der Waals surface area contributed by atoms with E-state index in [0.29, 0.717) is 10.8 Å². The number of aryl methyl sites for hydroxylation is 1. The van der Waals surface area contributed by atoms with Gasteiger partial charge in [0.05, 0.1) is 5.56 Å². The largest absolute Gasteiger partial charge is 0.423 e. The van der Waals surface area contributed by atoms with Crippen LogP contribution in [0.2, 0.25) is 10.2 Å². The molecule has 0 N–H and O–H groups in total. The number of ether oxygens (including phenoxy) is 1. The van der Waals surface area contributed by atoms with Crippen LogP contribution in [0.25, 0.3) is 0 Å². The first-order valence-corrected chi connectivity index (χ1v) is 5.92. The number of aromatic nitrogens is 1. The number of hydrogen-bond acceptors (Lipinski definition) is 3. The molecule has 2 aromatic rings. The normalized spacial score (nSPS) is 10.2. The fourth-order valence-corrected chi connectivity index (χ4v) is 1.84. The van der Waals surface area contributed by atoms with E-state index in [1.165, 1.54) is 6.20 Å². The maximum absolute atomic E-state index is 11.9. The minimum absolute atomic E-state index is 0.120. The topological polar surface area (TPSA) is 39.2 Å². The molecule has 0 spiro atoms. The first-order chi connectivity index (χ1) is 8.58. The lowest BCUT2D eigenvalue weighted by atomic mass is 10.2. The van der Waals surface area contributed by atoms with Crippen LogP contribution in [0.5, 0.6) is 5.75 Å². The number of pyridine rings is 1. The molecule has 5 heteroatoms. The van der Waals surface area contributed by atoms with Crippen LogP contribution in [0, 0.1) is 6.92 Å². The fraction of sp³-hybridized carbons (Fsp3) is 0.0769. The van der Waals surface area contributed by atoms with Crippen molar-refractivity contribution in [1.29, 1.82) is 0 Å². The predicted molar refractivity (Wildman–Crippen MR) is 70.4 cm³/mol. The average molecular weight is 282 g/mol. The van der Waals surface area contributed by atoms with Crippen molar-refractivity contribution in [2.24, 2.45) is 0 Å². The maximum Gasteiger partial charge on any atom is 0.346 e. The molecule has 0 fully saturated rings. The molecule has 18 heavy (non-hydrogen) atoms. The number of carbonyl (C=O) groups excluding carboxylic acids is 1. The van der Waals surface area contributed by atoms with Crippen LogP contribution in [0.4, 0.5) is 0 Å². The average Bonchev–Trinajstić information content (AvgIpc) is 2.33. The van der Waals surface area contributed by atoms with E-state index in [1.807, 2.05) is 0 Å². The molecule has 0 bridgehead atoms. The molecule has 1 aromatic heterocycles. The van der Waals surface area contributed by atoms with Crippen LogP contribution < -0.4 is 4.74 Å². The van der Waals surface area contributed by atoms with E-state index >= 15 is 0 Å². The van der Waals surface area contributed by atoms with Crippen LogP contribution >= 0.6 is 23.2 Å². The van der Waals surface area contributed by atoms with E-state index in [0.717, 1.165) is 5.56 Å². The highest BCUT2D eigenvalue weighted by atomic mass is 35.5. The summed E-state index contributed by atoms with van der Waals surface area (Å²) in [7, 11) is 0. The van der Waals surface area contributed by atoms with Gasteiger partial charge in [-0.15, -0.1) is 0 Å². The molecule has 0 aliphatic heterocycles. The molecule has 0 saturated heterocycles. The quantitative estimate of drug-likeness (QED) is 0.476. The van der Waals surface area contributed by atoms with Gasteiger partial charge in [0.1, 0.15) is 10.9 Å². The van der Waals surface area contributed by atoms with Crippen molar-refractivity contribution in [3.8, 4) is 5.75 Å². The molecule has 0 saturated carbocycles. The number of rotatable bonds is 2. The van der Waals surface area contributed by atoms with Crippen molar-refractivity contribution in [1.82, 2.24) is 4.98 Å². The summed E-state index contributed by atoms with van der Waals surface area (Å²) in [6, 6.07) is 8.19. The molecule has 0 aliphatic carbocycles. The molecule has 1 aromatic carbocycles. The Labute approximate surface area is 114 Å². The highest BCUT2D eigenvalue weighted by Crippen LogP contribution is 2.23. The van der Waals surface area contributed by atoms with E-state index in [-0.39, 0.29) is 10.7 Å². The fourth-order valence-electron chi connectivity index (χ4n) is 1.42. The third-order valence-corrected chi connectivity index (χ3v) is 2.85. The zero-order valence-corrected chi connectivity index (χ0v) is 11.0. The number of halogens is 2. The van der Waals surface area contributed by atoms with Gasteiger partial charge in [-0.2, -0.15) is 0 Å². The molecule has 92 valence electrons. The minimum atomic E-state index is -0.543. The van der Waals surface area contributed by atoms with Gasteiger partial charge in [0.25, 0.3) is 0 Å². The second-order valence-electron chi connectivity index (χ2n) is 3.64. The van der Waals surface area contributed by atoms with Crippen LogP contribution in [0.3, 0.4) is 0 Å². The smallest absolute Gasteiger partial charge is 0.346 e. The molecular weight excluding hydrogens is 273 g/mol.